The molecule has 2 amide bonds. The summed E-state index contributed by atoms with van der Waals surface area (Å²) in [5, 5.41) is 18.3. The van der Waals surface area contributed by atoms with Crippen LogP contribution in [0, 0.1) is 17.2 Å². The van der Waals surface area contributed by atoms with E-state index < -0.39 is 0 Å². The molecule has 3 aromatic rings. The van der Waals surface area contributed by atoms with Gasteiger partial charge in [-0.1, -0.05) is 13.8 Å². The van der Waals surface area contributed by atoms with Crippen molar-refractivity contribution in [2.45, 2.75) is 57.7 Å². The summed E-state index contributed by atoms with van der Waals surface area (Å²) in [7, 11) is 0. The second-order valence-corrected chi connectivity index (χ2v) is 10.3. The van der Waals surface area contributed by atoms with Crippen molar-refractivity contribution in [2.24, 2.45) is 5.92 Å². The third-order valence-corrected chi connectivity index (χ3v) is 7.80. The Labute approximate surface area is 205 Å². The average molecular weight is 476 g/mol. The monoisotopic (exact) mass is 475 g/mol. The maximum absolute atomic E-state index is 12.6. The molecule has 184 valence electrons. The normalized spacial score (nSPS) is 23.7. The van der Waals surface area contributed by atoms with Crippen molar-refractivity contribution < 1.29 is 4.79 Å². The predicted molar refractivity (Wildman–Crippen MR) is 132 cm³/mol. The largest absolute Gasteiger partial charge is 0.346 e. The fourth-order valence-electron chi connectivity index (χ4n) is 5.18. The van der Waals surface area contributed by atoms with Gasteiger partial charge < -0.3 is 15.2 Å². The number of nitrogens with zero attached hydrogens (tertiary/aromatic N) is 7. The quantitative estimate of drug-likeness (QED) is 0.566. The lowest BCUT2D eigenvalue weighted by Gasteiger charge is -2.52. The SMILES string of the molecule is CC(C)[C@H](C)NC(=O)N1CCN([C@H]2C[C@](CC#N)(n3cc(-c4ncnc5[nH]ccc45)cn3)C2)CC1. The van der Waals surface area contributed by atoms with Crippen molar-refractivity contribution in [1.82, 2.24) is 39.8 Å². The number of aromatic nitrogens is 5. The van der Waals surface area contributed by atoms with Crippen LogP contribution in [-0.2, 0) is 5.54 Å². The summed E-state index contributed by atoms with van der Waals surface area (Å²) in [5.41, 5.74) is 2.26. The highest BCUT2D eigenvalue weighted by Crippen LogP contribution is 2.45. The lowest BCUT2D eigenvalue weighted by molar-refractivity contribution is -0.0131. The van der Waals surface area contributed by atoms with Crippen LogP contribution in [0.4, 0.5) is 4.79 Å². The van der Waals surface area contributed by atoms with Gasteiger partial charge in [-0.25, -0.2) is 14.8 Å². The molecular formula is C25H33N9O. The molecule has 1 atom stereocenters. The van der Waals surface area contributed by atoms with Crippen LogP contribution in [0.3, 0.4) is 0 Å². The Morgan fingerprint density at radius 1 is 1.26 bits per heavy atom. The molecule has 0 spiro atoms. The molecule has 4 heterocycles. The number of aromatic amines is 1. The smallest absolute Gasteiger partial charge is 0.317 e. The van der Waals surface area contributed by atoms with E-state index in [0.29, 0.717) is 18.4 Å². The molecule has 10 heteroatoms. The number of nitrogens with one attached hydrogen (secondary N) is 2. The fourth-order valence-corrected chi connectivity index (χ4v) is 5.18. The number of hydrogen-bond acceptors (Lipinski definition) is 6. The molecule has 1 aliphatic heterocycles. The van der Waals surface area contributed by atoms with E-state index in [9.17, 15) is 10.1 Å². The Kier molecular flexibility index (Phi) is 6.19. The minimum absolute atomic E-state index is 0.0311. The zero-order valence-electron chi connectivity index (χ0n) is 20.6. The Morgan fingerprint density at radius 3 is 2.74 bits per heavy atom. The van der Waals surface area contributed by atoms with Gasteiger partial charge in [0.2, 0.25) is 0 Å². The maximum Gasteiger partial charge on any atom is 0.317 e. The maximum atomic E-state index is 12.6. The minimum atomic E-state index is -0.302. The molecule has 35 heavy (non-hydrogen) atoms. The van der Waals surface area contributed by atoms with Crippen molar-refractivity contribution in [2.75, 3.05) is 26.2 Å². The van der Waals surface area contributed by atoms with Gasteiger partial charge in [-0.05, 0) is 31.7 Å². The Hall–Kier alpha value is -3.45. The van der Waals surface area contributed by atoms with Gasteiger partial charge in [0.1, 0.15) is 12.0 Å². The number of fused-ring (bicyclic) bond motifs is 1. The fraction of sp³-hybridized carbons (Fsp3) is 0.560. The first-order valence-electron chi connectivity index (χ1n) is 12.4. The van der Waals surface area contributed by atoms with Crippen LogP contribution in [0.15, 0.2) is 31.0 Å². The van der Waals surface area contributed by atoms with E-state index in [2.05, 4.69) is 50.2 Å². The zero-order chi connectivity index (χ0) is 24.6. The molecule has 3 aromatic heterocycles. The van der Waals surface area contributed by atoms with Crippen LogP contribution in [0.5, 0.6) is 0 Å². The van der Waals surface area contributed by atoms with Gasteiger partial charge in [-0.3, -0.25) is 9.58 Å². The molecular weight excluding hydrogens is 442 g/mol. The molecule has 0 aromatic carbocycles. The molecule has 0 unspecified atom stereocenters. The van der Waals surface area contributed by atoms with Gasteiger partial charge in [0.15, 0.2) is 0 Å². The van der Waals surface area contributed by atoms with Crippen molar-refractivity contribution in [3.8, 4) is 17.3 Å². The molecule has 1 saturated carbocycles. The number of amides is 2. The Bertz CT molecular complexity index is 1230. The lowest BCUT2D eigenvalue weighted by Crippen LogP contribution is -2.61. The van der Waals surface area contributed by atoms with Crippen LogP contribution >= 0.6 is 0 Å². The van der Waals surface area contributed by atoms with Gasteiger partial charge in [0.25, 0.3) is 0 Å². The van der Waals surface area contributed by atoms with Crippen molar-refractivity contribution in [1.29, 1.82) is 5.26 Å². The molecule has 10 nitrogen and oxygen atoms in total. The third-order valence-electron chi connectivity index (χ3n) is 7.80. The number of carbonyl (C=O) groups excluding carboxylic acids is 1. The first-order chi connectivity index (χ1) is 16.9. The summed E-state index contributed by atoms with van der Waals surface area (Å²) in [5.74, 6) is 0.412. The van der Waals surface area contributed by atoms with E-state index in [-0.39, 0.29) is 17.6 Å². The molecule has 1 saturated heterocycles. The molecule has 2 N–H and O–H groups in total. The van der Waals surface area contributed by atoms with Gasteiger partial charge in [-0.2, -0.15) is 10.4 Å². The summed E-state index contributed by atoms with van der Waals surface area (Å²) < 4.78 is 1.97. The number of hydrogen-bond donors (Lipinski definition) is 2. The second kappa shape index (κ2) is 9.30. The van der Waals surface area contributed by atoms with Crippen molar-refractivity contribution >= 4 is 17.1 Å². The van der Waals surface area contributed by atoms with Gasteiger partial charge >= 0.3 is 6.03 Å². The Morgan fingerprint density at radius 2 is 2.03 bits per heavy atom. The average Bonchev–Trinajstić information content (AvgIpc) is 3.51. The third kappa shape index (κ3) is 4.36. The van der Waals surface area contributed by atoms with E-state index in [1.54, 1.807) is 6.33 Å². The van der Waals surface area contributed by atoms with E-state index in [0.717, 1.165) is 61.3 Å². The van der Waals surface area contributed by atoms with E-state index in [1.165, 1.54) is 0 Å². The summed E-state index contributed by atoms with van der Waals surface area (Å²) in [6.45, 7) is 9.44. The van der Waals surface area contributed by atoms with Crippen molar-refractivity contribution in [3.63, 3.8) is 0 Å². The number of carbonyl (C=O) groups is 1. The summed E-state index contributed by atoms with van der Waals surface area (Å²) in [4.78, 5) is 28.8. The predicted octanol–water partition coefficient (Wildman–Crippen LogP) is 2.96. The van der Waals surface area contributed by atoms with Gasteiger partial charge in [0, 0.05) is 61.6 Å². The first-order valence-corrected chi connectivity index (χ1v) is 12.4. The Balaban J connectivity index is 1.23. The van der Waals surface area contributed by atoms with Crippen LogP contribution in [-0.4, -0.2) is 78.8 Å². The number of piperazine rings is 1. The molecule has 0 bridgehead atoms. The number of rotatable bonds is 6. The van der Waals surface area contributed by atoms with Gasteiger partial charge in [0.05, 0.1) is 29.9 Å². The van der Waals surface area contributed by atoms with Crippen LogP contribution < -0.4 is 5.32 Å². The summed E-state index contributed by atoms with van der Waals surface area (Å²) in [6.07, 6.45) is 9.43. The topological polar surface area (TPSA) is 119 Å². The zero-order valence-corrected chi connectivity index (χ0v) is 20.6. The summed E-state index contributed by atoms with van der Waals surface area (Å²) in [6, 6.07) is 4.94. The molecule has 1 aliphatic carbocycles. The van der Waals surface area contributed by atoms with E-state index >= 15 is 0 Å². The molecule has 2 fully saturated rings. The van der Waals surface area contributed by atoms with Crippen molar-refractivity contribution in [3.05, 3.63) is 31.0 Å². The standard InChI is InChI=1S/C25H33N9O/c1-17(2)18(3)31-24(35)33-10-8-32(9-11-33)20-12-25(13-20,5-6-26)34-15-19(14-30-34)22-21-4-7-27-23(21)29-16-28-22/h4,7,14-18,20H,5,8-13H2,1-3H3,(H,31,35)(H,27,28,29)/t18-,20-,25-/m0/s1. The van der Waals surface area contributed by atoms with Gasteiger partial charge in [-0.15, -0.1) is 0 Å². The highest BCUT2D eigenvalue weighted by atomic mass is 16.2. The number of nitriles is 1. The minimum Gasteiger partial charge on any atom is -0.346 e. The second-order valence-electron chi connectivity index (χ2n) is 10.3. The number of H-pyrrole nitrogens is 1. The van der Waals surface area contributed by atoms with E-state index in [4.69, 9.17) is 0 Å². The molecule has 5 rings (SSSR count). The first kappa shape index (κ1) is 23.3. The van der Waals surface area contributed by atoms with E-state index in [1.807, 2.05) is 41.2 Å². The molecule has 2 aliphatic rings. The molecule has 0 radical (unpaired) electrons. The highest BCUT2D eigenvalue weighted by Gasteiger charge is 2.49. The number of urea groups is 1. The van der Waals surface area contributed by atoms with Crippen LogP contribution in [0.25, 0.3) is 22.3 Å². The van der Waals surface area contributed by atoms with Crippen LogP contribution in [0.1, 0.15) is 40.0 Å². The highest BCUT2D eigenvalue weighted by molar-refractivity contribution is 5.90. The lowest BCUT2D eigenvalue weighted by atomic mass is 9.70. The summed E-state index contributed by atoms with van der Waals surface area (Å²) >= 11 is 0. The van der Waals surface area contributed by atoms with Crippen LogP contribution in [0.2, 0.25) is 0 Å².